The lowest BCUT2D eigenvalue weighted by Crippen LogP contribution is -2.22. The van der Waals surface area contributed by atoms with Gasteiger partial charge in [0.2, 0.25) is 0 Å². The summed E-state index contributed by atoms with van der Waals surface area (Å²) < 4.78 is 1.82. The van der Waals surface area contributed by atoms with Crippen LogP contribution in [0.2, 0.25) is 0 Å². The second-order valence-corrected chi connectivity index (χ2v) is 5.88. The molecule has 0 spiro atoms. The molecule has 2 rings (SSSR count). The van der Waals surface area contributed by atoms with E-state index in [0.29, 0.717) is 0 Å². The van der Waals surface area contributed by atoms with E-state index in [4.69, 9.17) is 5.73 Å². The molecule has 96 valence electrons. The highest BCUT2D eigenvalue weighted by molar-refractivity contribution is 7.99. The standard InChI is InChI=1S/C14H19N3S/c1-10-5-4-6-13(7-10)18-14(11(2)15)12-8-16-17(3)9-12/h4-9,11,14H,15H2,1-3H3. The summed E-state index contributed by atoms with van der Waals surface area (Å²) >= 11 is 1.80. The van der Waals surface area contributed by atoms with Crippen molar-refractivity contribution in [2.24, 2.45) is 12.8 Å². The number of hydrogen-bond acceptors (Lipinski definition) is 3. The molecule has 2 aromatic rings. The third-order valence-electron chi connectivity index (χ3n) is 2.78. The molecule has 0 amide bonds. The molecule has 0 bridgehead atoms. The van der Waals surface area contributed by atoms with Crippen LogP contribution in [0.5, 0.6) is 0 Å². The molecule has 0 radical (unpaired) electrons. The van der Waals surface area contributed by atoms with Crippen molar-refractivity contribution in [2.75, 3.05) is 0 Å². The van der Waals surface area contributed by atoms with Gasteiger partial charge in [-0.25, -0.2) is 0 Å². The fraction of sp³-hybridized carbons (Fsp3) is 0.357. The quantitative estimate of drug-likeness (QED) is 0.861. The zero-order valence-corrected chi connectivity index (χ0v) is 11.8. The molecule has 0 aliphatic heterocycles. The molecule has 2 unspecified atom stereocenters. The van der Waals surface area contributed by atoms with Gasteiger partial charge in [0.05, 0.1) is 11.4 Å². The van der Waals surface area contributed by atoms with Crippen LogP contribution in [0.25, 0.3) is 0 Å². The molecule has 0 saturated carbocycles. The highest BCUT2D eigenvalue weighted by Gasteiger charge is 2.19. The predicted octanol–water partition coefficient (Wildman–Crippen LogP) is 2.91. The summed E-state index contributed by atoms with van der Waals surface area (Å²) in [6.07, 6.45) is 3.94. The van der Waals surface area contributed by atoms with Crippen LogP contribution in [0.1, 0.15) is 23.3 Å². The van der Waals surface area contributed by atoms with Crippen molar-refractivity contribution < 1.29 is 0 Å². The first kappa shape index (κ1) is 13.2. The SMILES string of the molecule is Cc1cccc(SC(c2cnn(C)c2)C(C)N)c1. The number of benzene rings is 1. The molecule has 1 aromatic heterocycles. The van der Waals surface area contributed by atoms with Gasteiger partial charge in [-0.3, -0.25) is 4.68 Å². The molecule has 0 aliphatic carbocycles. The van der Waals surface area contributed by atoms with Crippen LogP contribution in [0.4, 0.5) is 0 Å². The van der Waals surface area contributed by atoms with Gasteiger partial charge in [0.15, 0.2) is 0 Å². The van der Waals surface area contributed by atoms with Crippen LogP contribution in [0, 0.1) is 6.92 Å². The zero-order chi connectivity index (χ0) is 13.1. The maximum absolute atomic E-state index is 6.11. The van der Waals surface area contributed by atoms with E-state index in [1.807, 2.05) is 31.0 Å². The Morgan fingerprint density at radius 3 is 2.72 bits per heavy atom. The Balaban J connectivity index is 2.22. The van der Waals surface area contributed by atoms with Crippen molar-refractivity contribution >= 4 is 11.8 Å². The van der Waals surface area contributed by atoms with Crippen LogP contribution in [0.15, 0.2) is 41.6 Å². The third kappa shape index (κ3) is 3.15. The van der Waals surface area contributed by atoms with E-state index in [9.17, 15) is 0 Å². The summed E-state index contributed by atoms with van der Waals surface area (Å²) in [6, 6.07) is 8.59. The topological polar surface area (TPSA) is 43.8 Å². The van der Waals surface area contributed by atoms with Gasteiger partial charge in [0, 0.05) is 29.7 Å². The Morgan fingerprint density at radius 2 is 2.17 bits per heavy atom. The molecule has 2 atom stereocenters. The molecule has 4 heteroatoms. The van der Waals surface area contributed by atoms with Gasteiger partial charge in [0.1, 0.15) is 0 Å². The summed E-state index contributed by atoms with van der Waals surface area (Å²) in [6.45, 7) is 4.15. The first-order chi connectivity index (χ1) is 8.56. The van der Waals surface area contributed by atoms with Gasteiger partial charge in [0.25, 0.3) is 0 Å². The molecule has 1 heterocycles. The molecule has 18 heavy (non-hydrogen) atoms. The van der Waals surface area contributed by atoms with E-state index in [2.05, 4.69) is 36.3 Å². The van der Waals surface area contributed by atoms with Crippen molar-refractivity contribution in [1.82, 2.24) is 9.78 Å². The number of rotatable bonds is 4. The lowest BCUT2D eigenvalue weighted by atomic mass is 10.1. The number of hydrogen-bond donors (Lipinski definition) is 1. The van der Waals surface area contributed by atoms with Gasteiger partial charge in [-0.05, 0) is 26.0 Å². The van der Waals surface area contributed by atoms with Crippen LogP contribution < -0.4 is 5.73 Å². The number of nitrogens with two attached hydrogens (primary N) is 1. The maximum atomic E-state index is 6.11. The van der Waals surface area contributed by atoms with Crippen molar-refractivity contribution in [2.45, 2.75) is 30.0 Å². The minimum absolute atomic E-state index is 0.0831. The monoisotopic (exact) mass is 261 g/mol. The average molecular weight is 261 g/mol. The molecule has 2 N–H and O–H groups in total. The third-order valence-corrected chi connectivity index (χ3v) is 4.27. The van der Waals surface area contributed by atoms with Crippen LogP contribution >= 0.6 is 11.8 Å². The van der Waals surface area contributed by atoms with E-state index in [0.717, 1.165) is 0 Å². The number of aryl methyl sites for hydroxylation is 2. The van der Waals surface area contributed by atoms with Gasteiger partial charge in [-0.15, -0.1) is 11.8 Å². The van der Waals surface area contributed by atoms with E-state index in [1.165, 1.54) is 16.0 Å². The van der Waals surface area contributed by atoms with Crippen molar-refractivity contribution in [3.05, 3.63) is 47.8 Å². The van der Waals surface area contributed by atoms with Crippen LogP contribution in [-0.2, 0) is 7.05 Å². The van der Waals surface area contributed by atoms with Gasteiger partial charge < -0.3 is 5.73 Å². The molecule has 0 saturated heterocycles. The number of aromatic nitrogens is 2. The van der Waals surface area contributed by atoms with Crippen molar-refractivity contribution in [3.8, 4) is 0 Å². The van der Waals surface area contributed by atoms with Crippen LogP contribution in [-0.4, -0.2) is 15.8 Å². The van der Waals surface area contributed by atoms with Gasteiger partial charge >= 0.3 is 0 Å². The Morgan fingerprint density at radius 1 is 1.39 bits per heavy atom. The molecule has 0 aliphatic rings. The lowest BCUT2D eigenvalue weighted by molar-refractivity contribution is 0.718. The smallest absolute Gasteiger partial charge is 0.0533 e. The average Bonchev–Trinajstić information content (AvgIpc) is 2.72. The fourth-order valence-corrected chi connectivity index (χ4v) is 3.08. The van der Waals surface area contributed by atoms with E-state index in [1.54, 1.807) is 11.8 Å². The van der Waals surface area contributed by atoms with Crippen molar-refractivity contribution in [3.63, 3.8) is 0 Å². The predicted molar refractivity (Wildman–Crippen MR) is 76.6 cm³/mol. The molecule has 0 fully saturated rings. The maximum Gasteiger partial charge on any atom is 0.0533 e. The fourth-order valence-electron chi connectivity index (χ4n) is 1.90. The molecule has 1 aromatic carbocycles. The Hall–Kier alpha value is -1.26. The van der Waals surface area contributed by atoms with Crippen molar-refractivity contribution in [1.29, 1.82) is 0 Å². The number of thioether (sulfide) groups is 1. The molecule has 3 nitrogen and oxygen atoms in total. The zero-order valence-electron chi connectivity index (χ0n) is 11.0. The van der Waals surface area contributed by atoms with Gasteiger partial charge in [-0.2, -0.15) is 5.10 Å². The Bertz CT molecular complexity index is 519. The molecular weight excluding hydrogens is 242 g/mol. The largest absolute Gasteiger partial charge is 0.327 e. The highest BCUT2D eigenvalue weighted by atomic mass is 32.2. The first-order valence-electron chi connectivity index (χ1n) is 6.03. The summed E-state index contributed by atoms with van der Waals surface area (Å²) in [5.74, 6) is 0. The number of nitrogens with zero attached hydrogens (tertiary/aromatic N) is 2. The minimum Gasteiger partial charge on any atom is -0.327 e. The second-order valence-electron chi connectivity index (χ2n) is 4.66. The Kier molecular flexibility index (Phi) is 4.09. The summed E-state index contributed by atoms with van der Waals surface area (Å²) in [5, 5.41) is 4.46. The summed E-state index contributed by atoms with van der Waals surface area (Å²) in [4.78, 5) is 1.25. The minimum atomic E-state index is 0.0831. The normalized spacial score (nSPS) is 14.4. The molecular formula is C14H19N3S. The van der Waals surface area contributed by atoms with Crippen LogP contribution in [0.3, 0.4) is 0 Å². The van der Waals surface area contributed by atoms with Gasteiger partial charge in [-0.1, -0.05) is 17.7 Å². The van der Waals surface area contributed by atoms with E-state index >= 15 is 0 Å². The highest BCUT2D eigenvalue weighted by Crippen LogP contribution is 2.37. The summed E-state index contributed by atoms with van der Waals surface area (Å²) in [7, 11) is 1.93. The summed E-state index contributed by atoms with van der Waals surface area (Å²) in [5.41, 5.74) is 8.56. The van der Waals surface area contributed by atoms with E-state index in [-0.39, 0.29) is 11.3 Å². The Labute approximate surface area is 112 Å². The van der Waals surface area contributed by atoms with E-state index < -0.39 is 0 Å². The second kappa shape index (κ2) is 5.59. The lowest BCUT2D eigenvalue weighted by Gasteiger charge is -2.19. The first-order valence-corrected chi connectivity index (χ1v) is 6.91.